The van der Waals surface area contributed by atoms with Gasteiger partial charge in [-0.2, -0.15) is 0 Å². The van der Waals surface area contributed by atoms with Gasteiger partial charge in [0, 0.05) is 10.6 Å². The summed E-state index contributed by atoms with van der Waals surface area (Å²) in [7, 11) is 1.28. The topological polar surface area (TPSA) is 26.3 Å². The number of halogens is 2. The number of benzene rings is 1. The van der Waals surface area contributed by atoms with Gasteiger partial charge in [0.15, 0.2) is 0 Å². The number of hydrogen-bond acceptors (Lipinski definition) is 2. The Labute approximate surface area is 92.0 Å². The Morgan fingerprint density at radius 2 is 2.27 bits per heavy atom. The number of carbonyl (C=O) groups is 1. The Balaban J connectivity index is 2.75. The van der Waals surface area contributed by atoms with Gasteiger partial charge in [-0.05, 0) is 18.2 Å². The summed E-state index contributed by atoms with van der Waals surface area (Å²) in [6.45, 7) is 0. The Morgan fingerprint density at radius 3 is 2.87 bits per heavy atom. The molecule has 0 fully saturated rings. The van der Waals surface area contributed by atoms with Crippen LogP contribution in [0.15, 0.2) is 18.2 Å². The van der Waals surface area contributed by atoms with Crippen molar-refractivity contribution in [1.29, 1.82) is 0 Å². The molecule has 0 aliphatic rings. The molecule has 78 valence electrons. The van der Waals surface area contributed by atoms with Crippen LogP contribution in [-0.2, 0) is 9.53 Å². The van der Waals surface area contributed by atoms with Crippen LogP contribution in [0.25, 0.3) is 0 Å². The Kier molecular flexibility index (Phi) is 4.14. The quantitative estimate of drug-likeness (QED) is 0.543. The van der Waals surface area contributed by atoms with Crippen LogP contribution in [0.3, 0.4) is 0 Å². The molecule has 0 atom stereocenters. The molecule has 1 aromatic carbocycles. The molecule has 0 amide bonds. The number of hydrogen-bond donors (Lipinski definition) is 0. The number of methoxy groups -OCH3 is 1. The van der Waals surface area contributed by atoms with Crippen molar-refractivity contribution >= 4 is 17.6 Å². The zero-order chi connectivity index (χ0) is 11.3. The van der Waals surface area contributed by atoms with Gasteiger partial charge in [0.05, 0.1) is 7.11 Å². The maximum Gasteiger partial charge on any atom is 0.317 e. The summed E-state index contributed by atoms with van der Waals surface area (Å²) >= 11 is 5.62. The zero-order valence-electron chi connectivity index (χ0n) is 8.01. The van der Waals surface area contributed by atoms with Crippen molar-refractivity contribution in [1.82, 2.24) is 0 Å². The smallest absolute Gasteiger partial charge is 0.317 e. The Bertz CT molecular complexity index is 412. The number of rotatable bonds is 1. The van der Waals surface area contributed by atoms with Crippen molar-refractivity contribution in [2.75, 3.05) is 7.11 Å². The number of esters is 1. The van der Waals surface area contributed by atoms with E-state index in [-0.39, 0.29) is 11.4 Å². The highest BCUT2D eigenvalue weighted by Gasteiger charge is 1.97. The molecule has 4 heteroatoms. The van der Waals surface area contributed by atoms with Gasteiger partial charge in [0.1, 0.15) is 12.2 Å². The summed E-state index contributed by atoms with van der Waals surface area (Å²) in [6, 6.07) is 3.96. The molecular formula is C11H8ClFO2. The van der Waals surface area contributed by atoms with Gasteiger partial charge in [0.25, 0.3) is 0 Å². The molecule has 0 aromatic heterocycles. The SMILES string of the molecule is COC(=O)CC#Cc1cc(F)cc(Cl)c1. The summed E-state index contributed by atoms with van der Waals surface area (Å²) in [6.07, 6.45) is -0.0232. The normalized spacial score (nSPS) is 9.00. The van der Waals surface area contributed by atoms with E-state index in [1.54, 1.807) is 0 Å². The predicted molar refractivity (Wildman–Crippen MR) is 54.9 cm³/mol. The van der Waals surface area contributed by atoms with Crippen molar-refractivity contribution in [3.8, 4) is 11.8 Å². The van der Waals surface area contributed by atoms with E-state index in [2.05, 4.69) is 16.6 Å². The summed E-state index contributed by atoms with van der Waals surface area (Å²) in [5.74, 6) is 4.29. The van der Waals surface area contributed by atoms with E-state index in [0.29, 0.717) is 5.56 Å². The van der Waals surface area contributed by atoms with E-state index in [1.807, 2.05) is 0 Å². The van der Waals surface area contributed by atoms with E-state index in [9.17, 15) is 9.18 Å². The van der Waals surface area contributed by atoms with Gasteiger partial charge < -0.3 is 4.74 Å². The van der Waals surface area contributed by atoms with Crippen LogP contribution in [0.2, 0.25) is 5.02 Å². The summed E-state index contributed by atoms with van der Waals surface area (Å²) < 4.78 is 17.2. The molecule has 0 aliphatic carbocycles. The summed E-state index contributed by atoms with van der Waals surface area (Å²) in [5, 5.41) is 0.275. The third-order valence-corrected chi connectivity index (χ3v) is 1.77. The lowest BCUT2D eigenvalue weighted by Crippen LogP contribution is -1.97. The third-order valence-electron chi connectivity index (χ3n) is 1.56. The van der Waals surface area contributed by atoms with Gasteiger partial charge in [-0.1, -0.05) is 23.4 Å². The van der Waals surface area contributed by atoms with Gasteiger partial charge in [0.2, 0.25) is 0 Å². The fraction of sp³-hybridized carbons (Fsp3) is 0.182. The van der Waals surface area contributed by atoms with E-state index in [4.69, 9.17) is 11.6 Å². The average molecular weight is 227 g/mol. The van der Waals surface area contributed by atoms with Gasteiger partial charge in [-0.3, -0.25) is 4.79 Å². The van der Waals surface area contributed by atoms with Crippen LogP contribution in [0.4, 0.5) is 4.39 Å². The summed E-state index contributed by atoms with van der Waals surface area (Å²) in [4.78, 5) is 10.7. The molecule has 2 nitrogen and oxygen atoms in total. The number of carbonyl (C=O) groups excluding carboxylic acids is 1. The van der Waals surface area contributed by atoms with Crippen molar-refractivity contribution in [3.63, 3.8) is 0 Å². The molecule has 1 rings (SSSR count). The van der Waals surface area contributed by atoms with Crippen LogP contribution in [0, 0.1) is 17.7 Å². The second-order valence-electron chi connectivity index (χ2n) is 2.71. The summed E-state index contributed by atoms with van der Waals surface area (Å²) in [5.41, 5.74) is 0.434. The van der Waals surface area contributed by atoms with E-state index in [0.717, 1.165) is 0 Å². The first-order chi connectivity index (χ1) is 7.11. The molecule has 0 bridgehead atoms. The first-order valence-corrected chi connectivity index (χ1v) is 4.51. The first kappa shape index (κ1) is 11.5. The van der Waals surface area contributed by atoms with Crippen molar-refractivity contribution in [2.24, 2.45) is 0 Å². The standard InChI is InChI=1S/C11H8ClFO2/c1-15-11(14)4-2-3-8-5-9(12)7-10(13)6-8/h5-7H,4H2,1H3. The second kappa shape index (κ2) is 5.38. The van der Waals surface area contributed by atoms with E-state index < -0.39 is 11.8 Å². The molecule has 1 aromatic rings. The van der Waals surface area contributed by atoms with Crippen LogP contribution < -0.4 is 0 Å². The minimum absolute atomic E-state index is 0.0232. The molecule has 0 unspecified atom stereocenters. The Morgan fingerprint density at radius 1 is 1.53 bits per heavy atom. The lowest BCUT2D eigenvalue weighted by atomic mass is 10.2. The third kappa shape index (κ3) is 4.01. The minimum atomic E-state index is -0.454. The highest BCUT2D eigenvalue weighted by molar-refractivity contribution is 6.30. The lowest BCUT2D eigenvalue weighted by molar-refractivity contribution is -0.139. The minimum Gasteiger partial charge on any atom is -0.468 e. The maximum absolute atomic E-state index is 12.8. The highest BCUT2D eigenvalue weighted by atomic mass is 35.5. The molecule has 0 N–H and O–H groups in total. The van der Waals surface area contributed by atoms with Crippen LogP contribution in [0.5, 0.6) is 0 Å². The monoisotopic (exact) mass is 226 g/mol. The van der Waals surface area contributed by atoms with Gasteiger partial charge in [-0.25, -0.2) is 4.39 Å². The maximum atomic E-state index is 12.8. The molecular weight excluding hydrogens is 219 g/mol. The van der Waals surface area contributed by atoms with Crippen LogP contribution >= 0.6 is 11.6 Å². The molecule has 0 radical (unpaired) electrons. The van der Waals surface area contributed by atoms with E-state index >= 15 is 0 Å². The zero-order valence-corrected chi connectivity index (χ0v) is 8.77. The van der Waals surface area contributed by atoms with Gasteiger partial charge in [-0.15, -0.1) is 0 Å². The molecule has 0 saturated carbocycles. The van der Waals surface area contributed by atoms with Gasteiger partial charge >= 0.3 is 5.97 Å². The number of ether oxygens (including phenoxy) is 1. The molecule has 0 saturated heterocycles. The van der Waals surface area contributed by atoms with Crippen LogP contribution in [0.1, 0.15) is 12.0 Å². The predicted octanol–water partition coefficient (Wildman–Crippen LogP) is 2.39. The fourth-order valence-electron chi connectivity index (χ4n) is 0.917. The largest absolute Gasteiger partial charge is 0.468 e. The van der Waals surface area contributed by atoms with Crippen molar-refractivity contribution < 1.29 is 13.9 Å². The highest BCUT2D eigenvalue weighted by Crippen LogP contribution is 2.13. The second-order valence-corrected chi connectivity index (χ2v) is 3.15. The lowest BCUT2D eigenvalue weighted by Gasteiger charge is -1.93. The Hall–Kier alpha value is -1.53. The fourth-order valence-corrected chi connectivity index (χ4v) is 1.14. The molecule has 0 spiro atoms. The first-order valence-electron chi connectivity index (χ1n) is 4.13. The van der Waals surface area contributed by atoms with Crippen LogP contribution in [-0.4, -0.2) is 13.1 Å². The molecule has 0 heterocycles. The molecule has 15 heavy (non-hydrogen) atoms. The van der Waals surface area contributed by atoms with Crippen molar-refractivity contribution in [2.45, 2.75) is 6.42 Å². The van der Waals surface area contributed by atoms with Crippen molar-refractivity contribution in [3.05, 3.63) is 34.6 Å². The molecule has 0 aliphatic heterocycles. The van der Waals surface area contributed by atoms with E-state index in [1.165, 1.54) is 25.3 Å². The average Bonchev–Trinajstić information content (AvgIpc) is 2.16.